The van der Waals surface area contributed by atoms with Crippen molar-refractivity contribution < 1.29 is 19.1 Å². The number of ether oxygens (including phenoxy) is 2. The van der Waals surface area contributed by atoms with E-state index >= 15 is 0 Å². The lowest BCUT2D eigenvalue weighted by Crippen LogP contribution is -2.26. The molecule has 0 unspecified atom stereocenters. The van der Waals surface area contributed by atoms with Crippen LogP contribution in [0.25, 0.3) is 0 Å². The van der Waals surface area contributed by atoms with E-state index in [-0.39, 0.29) is 0 Å². The van der Waals surface area contributed by atoms with Gasteiger partial charge in [0.05, 0.1) is 31.3 Å². The summed E-state index contributed by atoms with van der Waals surface area (Å²) in [5, 5.41) is 2.81. The molecule has 1 aromatic rings. The van der Waals surface area contributed by atoms with E-state index in [0.29, 0.717) is 11.1 Å². The smallest absolute Gasteiger partial charge is 0.336 e. The third-order valence-corrected chi connectivity index (χ3v) is 3.66. The van der Waals surface area contributed by atoms with E-state index in [9.17, 15) is 9.59 Å². The van der Waals surface area contributed by atoms with Crippen LogP contribution in [0.4, 0.5) is 0 Å². The van der Waals surface area contributed by atoms with E-state index in [2.05, 4.69) is 12.2 Å². The Kier molecular flexibility index (Phi) is 4.99. The van der Waals surface area contributed by atoms with Crippen LogP contribution >= 0.6 is 0 Å². The van der Waals surface area contributed by atoms with Gasteiger partial charge in [-0.15, -0.1) is 0 Å². The summed E-state index contributed by atoms with van der Waals surface area (Å²) < 4.78 is 9.64. The first-order chi connectivity index (χ1) is 10.6. The van der Waals surface area contributed by atoms with Gasteiger partial charge in [0.2, 0.25) is 0 Å². The van der Waals surface area contributed by atoms with Crippen molar-refractivity contribution in [3.63, 3.8) is 0 Å². The van der Waals surface area contributed by atoms with Gasteiger partial charge in [0.15, 0.2) is 0 Å². The molecular weight excluding hydrogens is 282 g/mol. The quantitative estimate of drug-likeness (QED) is 0.862. The molecule has 0 fully saturated rings. The maximum atomic E-state index is 12.0. The Bertz CT molecular complexity index is 597. The molecule has 0 radical (unpaired) electrons. The molecule has 22 heavy (non-hydrogen) atoms. The largest absolute Gasteiger partial charge is 0.466 e. The fourth-order valence-electron chi connectivity index (χ4n) is 2.45. The molecule has 1 aliphatic rings. The average Bonchev–Trinajstić information content (AvgIpc) is 2.59. The zero-order valence-corrected chi connectivity index (χ0v) is 12.9. The molecule has 5 nitrogen and oxygen atoms in total. The molecule has 0 saturated heterocycles. The molecular formula is C17H19NO4. The first-order valence-electron chi connectivity index (χ1n) is 7.04. The van der Waals surface area contributed by atoms with Gasteiger partial charge in [0.25, 0.3) is 0 Å². The number of esters is 2. The first kappa shape index (κ1) is 15.8. The molecule has 1 N–H and O–H groups in total. The molecule has 0 atom stereocenters. The molecule has 116 valence electrons. The Hall–Kier alpha value is -2.56. The Labute approximate surface area is 129 Å². The molecule has 1 aromatic carbocycles. The van der Waals surface area contributed by atoms with Gasteiger partial charge in [-0.2, -0.15) is 0 Å². The Morgan fingerprint density at radius 3 is 1.91 bits per heavy atom. The van der Waals surface area contributed by atoms with Gasteiger partial charge >= 0.3 is 11.9 Å². The maximum Gasteiger partial charge on any atom is 0.336 e. The fourth-order valence-corrected chi connectivity index (χ4v) is 2.45. The van der Waals surface area contributed by atoms with Crippen LogP contribution in [-0.4, -0.2) is 26.2 Å². The molecule has 5 heteroatoms. The van der Waals surface area contributed by atoms with Crippen molar-refractivity contribution in [2.24, 2.45) is 0 Å². The van der Waals surface area contributed by atoms with E-state index < -0.39 is 17.9 Å². The summed E-state index contributed by atoms with van der Waals surface area (Å²) in [6.07, 6.45) is 4.03. The predicted octanol–water partition coefficient (Wildman–Crippen LogP) is 2.05. The number of dihydropyridines is 1. The monoisotopic (exact) mass is 301 g/mol. The Morgan fingerprint density at radius 2 is 1.50 bits per heavy atom. The van der Waals surface area contributed by atoms with Crippen LogP contribution in [0.15, 0.2) is 47.8 Å². The number of rotatable bonds is 4. The zero-order chi connectivity index (χ0) is 16.1. The number of methoxy groups -OCH3 is 2. The highest BCUT2D eigenvalue weighted by atomic mass is 16.5. The average molecular weight is 301 g/mol. The number of nitrogens with one attached hydrogen (secondary N) is 1. The van der Waals surface area contributed by atoms with E-state index in [1.165, 1.54) is 19.8 Å². The van der Waals surface area contributed by atoms with Crippen molar-refractivity contribution in [3.8, 4) is 0 Å². The topological polar surface area (TPSA) is 64.6 Å². The van der Waals surface area contributed by atoms with Crippen LogP contribution in [0.5, 0.6) is 0 Å². The van der Waals surface area contributed by atoms with Gasteiger partial charge in [-0.1, -0.05) is 31.2 Å². The summed E-state index contributed by atoms with van der Waals surface area (Å²) in [6, 6.07) is 7.81. The lowest BCUT2D eigenvalue weighted by Gasteiger charge is -2.24. The second-order valence-electron chi connectivity index (χ2n) is 4.88. The van der Waals surface area contributed by atoms with Crippen LogP contribution in [0.1, 0.15) is 24.0 Å². The molecule has 1 heterocycles. The minimum Gasteiger partial charge on any atom is -0.466 e. The first-order valence-corrected chi connectivity index (χ1v) is 7.04. The van der Waals surface area contributed by atoms with Crippen LogP contribution in [0.2, 0.25) is 0 Å². The second-order valence-corrected chi connectivity index (χ2v) is 4.88. The van der Waals surface area contributed by atoms with E-state index in [1.807, 2.05) is 24.3 Å². The second kappa shape index (κ2) is 6.93. The number of carbonyl (C=O) groups is 2. The molecule has 2 rings (SSSR count). The van der Waals surface area contributed by atoms with E-state index in [1.54, 1.807) is 12.4 Å². The summed E-state index contributed by atoms with van der Waals surface area (Å²) in [5.41, 5.74) is 2.76. The van der Waals surface area contributed by atoms with Crippen molar-refractivity contribution in [2.75, 3.05) is 14.2 Å². The third kappa shape index (κ3) is 3.03. The Morgan fingerprint density at radius 1 is 1.00 bits per heavy atom. The number of carbonyl (C=O) groups excluding carboxylic acids is 2. The fraction of sp³-hybridized carbons (Fsp3) is 0.294. The molecule has 0 aliphatic carbocycles. The molecule has 0 spiro atoms. The van der Waals surface area contributed by atoms with Crippen molar-refractivity contribution in [1.82, 2.24) is 5.32 Å². The molecule has 1 aliphatic heterocycles. The molecule has 0 aromatic heterocycles. The summed E-state index contributed by atoms with van der Waals surface area (Å²) in [4.78, 5) is 24.0. The van der Waals surface area contributed by atoms with E-state index in [4.69, 9.17) is 9.47 Å². The highest BCUT2D eigenvalue weighted by Crippen LogP contribution is 2.34. The number of benzene rings is 1. The minimum absolute atomic E-state index is 0.370. The van der Waals surface area contributed by atoms with Gasteiger partial charge in [-0.25, -0.2) is 9.59 Å². The van der Waals surface area contributed by atoms with Gasteiger partial charge in [-0.05, 0) is 17.5 Å². The van der Waals surface area contributed by atoms with Crippen LogP contribution in [0, 0.1) is 0 Å². The highest BCUT2D eigenvalue weighted by Gasteiger charge is 2.33. The SMILES string of the molecule is CCc1ccc(C2C(C(=O)OC)=CNC=C2C(=O)OC)cc1. The molecule has 0 saturated carbocycles. The van der Waals surface area contributed by atoms with Crippen molar-refractivity contribution >= 4 is 11.9 Å². The van der Waals surface area contributed by atoms with Crippen LogP contribution in [0.3, 0.4) is 0 Å². The van der Waals surface area contributed by atoms with Crippen LogP contribution < -0.4 is 5.32 Å². The molecule has 0 bridgehead atoms. The van der Waals surface area contributed by atoms with Gasteiger partial charge < -0.3 is 14.8 Å². The summed E-state index contributed by atoms with van der Waals surface area (Å²) >= 11 is 0. The number of hydrogen-bond donors (Lipinski definition) is 1. The van der Waals surface area contributed by atoms with Gasteiger partial charge in [0, 0.05) is 12.4 Å². The van der Waals surface area contributed by atoms with Gasteiger partial charge in [0.1, 0.15) is 0 Å². The number of hydrogen-bond acceptors (Lipinski definition) is 5. The number of aryl methyl sites for hydroxylation is 1. The van der Waals surface area contributed by atoms with Gasteiger partial charge in [-0.3, -0.25) is 0 Å². The lowest BCUT2D eigenvalue weighted by molar-refractivity contribution is -0.137. The predicted molar refractivity (Wildman–Crippen MR) is 81.9 cm³/mol. The summed E-state index contributed by atoms with van der Waals surface area (Å²) in [6.45, 7) is 2.07. The minimum atomic E-state index is -0.507. The normalized spacial score (nSPS) is 14.5. The van der Waals surface area contributed by atoms with Crippen LogP contribution in [-0.2, 0) is 25.5 Å². The zero-order valence-electron chi connectivity index (χ0n) is 12.9. The third-order valence-electron chi connectivity index (χ3n) is 3.66. The molecule has 0 amide bonds. The standard InChI is InChI=1S/C17H19NO4/c1-4-11-5-7-12(8-6-11)15-13(16(19)21-2)9-18-10-14(15)17(20)22-3/h5-10,15,18H,4H2,1-3H3. The van der Waals surface area contributed by atoms with E-state index in [0.717, 1.165) is 12.0 Å². The summed E-state index contributed by atoms with van der Waals surface area (Å²) in [5.74, 6) is -1.47. The highest BCUT2D eigenvalue weighted by molar-refractivity contribution is 5.98. The van der Waals surface area contributed by atoms with Crippen molar-refractivity contribution in [1.29, 1.82) is 0 Å². The maximum absolute atomic E-state index is 12.0. The Balaban J connectivity index is 2.47. The van der Waals surface area contributed by atoms with Crippen molar-refractivity contribution in [2.45, 2.75) is 19.3 Å². The lowest BCUT2D eigenvalue weighted by atomic mass is 9.83. The van der Waals surface area contributed by atoms with Crippen molar-refractivity contribution in [3.05, 3.63) is 58.9 Å². The summed E-state index contributed by atoms with van der Waals surface area (Å²) in [7, 11) is 2.63.